The Balaban J connectivity index is 1.72. The molecule has 108 valence electrons. The maximum atomic E-state index is 6.19. The van der Waals surface area contributed by atoms with Crippen LogP contribution in [0.3, 0.4) is 0 Å². The highest BCUT2D eigenvalue weighted by atomic mass is 28.2. The van der Waals surface area contributed by atoms with Crippen molar-refractivity contribution in [3.05, 3.63) is 96.2 Å². The fourth-order valence-electron chi connectivity index (χ4n) is 2.31. The van der Waals surface area contributed by atoms with Gasteiger partial charge in [-0.2, -0.15) is 0 Å². The maximum Gasteiger partial charge on any atom is 0.140 e. The molecule has 0 saturated carbocycles. The van der Waals surface area contributed by atoms with Gasteiger partial charge in [0.15, 0.2) is 0 Å². The molecule has 0 unspecified atom stereocenters. The fourth-order valence-corrected chi connectivity index (χ4v) is 3.08. The van der Waals surface area contributed by atoms with Crippen LogP contribution in [-0.4, -0.2) is 20.7 Å². The molecule has 3 heteroatoms. The van der Waals surface area contributed by atoms with Crippen molar-refractivity contribution < 1.29 is 4.74 Å². The Hall–Kier alpha value is -2.23. The number of nitrogens with zero attached hydrogens (tertiary/aromatic N) is 1. The zero-order valence-electron chi connectivity index (χ0n) is 12.2. The second-order valence-electron chi connectivity index (χ2n) is 4.90. The molecule has 22 heavy (non-hydrogen) atoms. The van der Waals surface area contributed by atoms with Crippen LogP contribution in [0.5, 0.6) is 0 Å². The number of hydrogen-bond donors (Lipinski definition) is 0. The van der Waals surface area contributed by atoms with E-state index < -0.39 is 0 Å². The molecule has 3 aromatic rings. The van der Waals surface area contributed by atoms with Gasteiger partial charge in [0.05, 0.1) is 0 Å². The first kappa shape index (κ1) is 14.7. The zero-order valence-corrected chi connectivity index (χ0v) is 13.2. The third-order valence-corrected chi connectivity index (χ3v) is 4.34. The maximum absolute atomic E-state index is 6.19. The van der Waals surface area contributed by atoms with Crippen LogP contribution >= 0.6 is 0 Å². The molecule has 2 radical (unpaired) electrons. The highest BCUT2D eigenvalue weighted by molar-refractivity contribution is 6.52. The van der Waals surface area contributed by atoms with E-state index in [1.54, 1.807) is 0 Å². The first-order valence-electron chi connectivity index (χ1n) is 7.30. The molecule has 3 rings (SSSR count). The molecule has 0 spiro atoms. The Morgan fingerprint density at radius 2 is 1.36 bits per heavy atom. The van der Waals surface area contributed by atoms with Gasteiger partial charge in [-0.1, -0.05) is 66.7 Å². The lowest BCUT2D eigenvalue weighted by atomic mass is 10.0. The smallest absolute Gasteiger partial charge is 0.140 e. The molecular formula is C19H17NOSi. The molecule has 0 aliphatic heterocycles. The summed E-state index contributed by atoms with van der Waals surface area (Å²) in [5, 5.41) is 1.09. The summed E-state index contributed by atoms with van der Waals surface area (Å²) in [5.41, 5.74) is 2.36. The zero-order chi connectivity index (χ0) is 15.0. The van der Waals surface area contributed by atoms with Crippen molar-refractivity contribution in [1.29, 1.82) is 0 Å². The molecule has 2 aromatic carbocycles. The molecule has 0 N–H and O–H groups in total. The Kier molecular flexibility index (Phi) is 5.13. The summed E-state index contributed by atoms with van der Waals surface area (Å²) in [6.07, 6.45) is 2.47. The average Bonchev–Trinajstić information content (AvgIpc) is 2.61. The summed E-state index contributed by atoms with van der Waals surface area (Å²) in [7, 11) is 0.554. The largest absolute Gasteiger partial charge is 0.372 e. The van der Waals surface area contributed by atoms with Crippen molar-refractivity contribution in [2.75, 3.05) is 6.23 Å². The van der Waals surface area contributed by atoms with Gasteiger partial charge in [-0.3, -0.25) is 4.98 Å². The van der Waals surface area contributed by atoms with Crippen LogP contribution in [0, 0.1) is 0 Å². The van der Waals surface area contributed by atoms with E-state index in [1.165, 1.54) is 11.1 Å². The van der Waals surface area contributed by atoms with Crippen LogP contribution in [0.15, 0.2) is 85.1 Å². The van der Waals surface area contributed by atoms with Crippen LogP contribution < -0.4 is 5.32 Å². The van der Waals surface area contributed by atoms with Gasteiger partial charge in [0.1, 0.15) is 15.6 Å². The Morgan fingerprint density at radius 3 is 1.91 bits per heavy atom. The van der Waals surface area contributed by atoms with E-state index in [9.17, 15) is 0 Å². The summed E-state index contributed by atoms with van der Waals surface area (Å²) in [4.78, 5) is 4.35. The molecule has 0 bridgehead atoms. The molecule has 2 nitrogen and oxygen atoms in total. The van der Waals surface area contributed by atoms with Crippen molar-refractivity contribution in [1.82, 2.24) is 4.98 Å². The molecule has 1 heterocycles. The standard InChI is InChI=1S/C19H17NOSi/c1-3-9-16(10-4-1)19(17-11-5-2-6-12-17)21-15-22-18-13-7-8-14-20-18/h1-14,19H,15H2. The lowest BCUT2D eigenvalue weighted by molar-refractivity contribution is 0.118. The van der Waals surface area contributed by atoms with E-state index in [0.717, 1.165) is 5.32 Å². The third kappa shape index (κ3) is 3.90. The Labute approximate surface area is 133 Å². The van der Waals surface area contributed by atoms with E-state index >= 15 is 0 Å². The first-order valence-corrected chi connectivity index (χ1v) is 8.50. The minimum absolute atomic E-state index is 0.0291. The number of ether oxygens (including phenoxy) is 1. The number of rotatable bonds is 6. The Bertz CT molecular complexity index is 634. The summed E-state index contributed by atoms with van der Waals surface area (Å²) in [6, 6.07) is 26.7. The van der Waals surface area contributed by atoms with Crippen LogP contribution in [-0.2, 0) is 4.74 Å². The molecule has 0 fully saturated rings. The van der Waals surface area contributed by atoms with Crippen molar-refractivity contribution >= 4 is 14.8 Å². The predicted octanol–water partition coefficient (Wildman–Crippen LogP) is 3.17. The van der Waals surface area contributed by atoms with E-state index in [4.69, 9.17) is 4.74 Å². The van der Waals surface area contributed by atoms with Crippen molar-refractivity contribution in [3.63, 3.8) is 0 Å². The topological polar surface area (TPSA) is 22.1 Å². The summed E-state index contributed by atoms with van der Waals surface area (Å²) < 4.78 is 6.19. The lowest BCUT2D eigenvalue weighted by Gasteiger charge is -2.18. The minimum Gasteiger partial charge on any atom is -0.372 e. The third-order valence-electron chi connectivity index (χ3n) is 3.37. The van der Waals surface area contributed by atoms with E-state index in [1.807, 2.05) is 36.5 Å². The molecule has 0 aliphatic rings. The van der Waals surface area contributed by atoms with Crippen molar-refractivity contribution in [3.8, 4) is 0 Å². The summed E-state index contributed by atoms with van der Waals surface area (Å²) in [5.74, 6) is 0. The normalized spacial score (nSPS) is 10.8. The average molecular weight is 303 g/mol. The minimum atomic E-state index is -0.0291. The van der Waals surface area contributed by atoms with E-state index in [2.05, 4.69) is 53.5 Å². The fraction of sp³-hybridized carbons (Fsp3) is 0.105. The van der Waals surface area contributed by atoms with Crippen LogP contribution in [0.2, 0.25) is 0 Å². The van der Waals surface area contributed by atoms with Crippen molar-refractivity contribution in [2.24, 2.45) is 0 Å². The van der Waals surface area contributed by atoms with Gasteiger partial charge in [-0.25, -0.2) is 0 Å². The van der Waals surface area contributed by atoms with Crippen molar-refractivity contribution in [2.45, 2.75) is 6.10 Å². The van der Waals surface area contributed by atoms with Gasteiger partial charge in [0.25, 0.3) is 0 Å². The monoisotopic (exact) mass is 303 g/mol. The van der Waals surface area contributed by atoms with E-state index in [-0.39, 0.29) is 6.10 Å². The van der Waals surface area contributed by atoms with Gasteiger partial charge >= 0.3 is 0 Å². The van der Waals surface area contributed by atoms with Crippen LogP contribution in [0.1, 0.15) is 17.2 Å². The van der Waals surface area contributed by atoms with Crippen LogP contribution in [0.25, 0.3) is 0 Å². The molecule has 0 atom stereocenters. The quantitative estimate of drug-likeness (QED) is 0.653. The Morgan fingerprint density at radius 1 is 0.773 bits per heavy atom. The number of aromatic nitrogens is 1. The van der Waals surface area contributed by atoms with Gasteiger partial charge in [0.2, 0.25) is 0 Å². The highest BCUT2D eigenvalue weighted by Crippen LogP contribution is 2.25. The lowest BCUT2D eigenvalue weighted by Crippen LogP contribution is -2.23. The number of benzene rings is 2. The summed E-state index contributed by atoms with van der Waals surface area (Å²) >= 11 is 0. The molecular weight excluding hydrogens is 286 g/mol. The van der Waals surface area contributed by atoms with Gasteiger partial charge in [-0.05, 0) is 23.3 Å². The second kappa shape index (κ2) is 7.68. The number of hydrogen-bond acceptors (Lipinski definition) is 2. The predicted molar refractivity (Wildman–Crippen MR) is 90.3 cm³/mol. The second-order valence-corrected chi connectivity index (χ2v) is 6.06. The molecule has 0 amide bonds. The molecule has 0 aliphatic carbocycles. The van der Waals surface area contributed by atoms with Crippen LogP contribution in [0.4, 0.5) is 0 Å². The van der Waals surface area contributed by atoms with E-state index in [0.29, 0.717) is 15.7 Å². The van der Waals surface area contributed by atoms with Gasteiger partial charge < -0.3 is 4.74 Å². The first-order chi connectivity index (χ1) is 10.9. The highest BCUT2D eigenvalue weighted by Gasteiger charge is 2.14. The van der Waals surface area contributed by atoms with Gasteiger partial charge in [0, 0.05) is 17.7 Å². The van der Waals surface area contributed by atoms with Gasteiger partial charge in [-0.15, -0.1) is 0 Å². The number of pyridine rings is 1. The molecule has 1 aromatic heterocycles. The summed E-state index contributed by atoms with van der Waals surface area (Å²) in [6.45, 7) is 0. The molecule has 0 saturated heterocycles. The SMILES string of the molecule is c1ccc(C(OC[Si]c2ccccn2)c2ccccc2)cc1.